The molecule has 156 valence electrons. The molecule has 0 saturated carbocycles. The number of ether oxygens (including phenoxy) is 1. The number of carbonyl (C=O) groups is 2. The van der Waals surface area contributed by atoms with Crippen LogP contribution in [0.4, 0.5) is 11.4 Å². The average molecular weight is 433 g/mol. The molecule has 1 aliphatic rings. The second kappa shape index (κ2) is 8.28. The summed E-state index contributed by atoms with van der Waals surface area (Å²) < 4.78 is 5.22. The summed E-state index contributed by atoms with van der Waals surface area (Å²) in [6, 6.07) is 19.7. The molecule has 0 aliphatic carbocycles. The lowest BCUT2D eigenvalue weighted by Crippen LogP contribution is -2.32. The monoisotopic (exact) mass is 432 g/mol. The maximum atomic E-state index is 13.4. The Morgan fingerprint density at radius 3 is 2.16 bits per heavy atom. The summed E-state index contributed by atoms with van der Waals surface area (Å²) in [6.07, 6.45) is 0. The Kier molecular flexibility index (Phi) is 5.53. The van der Waals surface area contributed by atoms with Crippen molar-refractivity contribution in [2.45, 2.75) is 13.8 Å². The molecule has 0 atom stereocenters. The standard InChI is InChI=1S/C25H21ClN2O3/c1-15-4-10-19(11-5-15)28-24(29)22(17-7-12-20(31-3)13-8-17)23(25(28)30)27-18-9-6-16(2)21(26)14-18/h4-14,27H,1-3H3. The van der Waals surface area contributed by atoms with Crippen LogP contribution in [0, 0.1) is 13.8 Å². The molecule has 1 aliphatic heterocycles. The van der Waals surface area contributed by atoms with Gasteiger partial charge in [0.1, 0.15) is 11.4 Å². The van der Waals surface area contributed by atoms with Gasteiger partial charge in [-0.15, -0.1) is 0 Å². The Hall–Kier alpha value is -3.57. The first-order chi connectivity index (χ1) is 14.9. The highest BCUT2D eigenvalue weighted by Gasteiger charge is 2.40. The molecule has 0 saturated heterocycles. The molecule has 2 amide bonds. The van der Waals surface area contributed by atoms with Gasteiger partial charge in [-0.25, -0.2) is 4.90 Å². The number of rotatable bonds is 5. The van der Waals surface area contributed by atoms with E-state index in [1.165, 1.54) is 4.90 Å². The van der Waals surface area contributed by atoms with Crippen LogP contribution >= 0.6 is 11.6 Å². The van der Waals surface area contributed by atoms with E-state index >= 15 is 0 Å². The first-order valence-electron chi connectivity index (χ1n) is 9.76. The molecule has 1 N–H and O–H groups in total. The van der Waals surface area contributed by atoms with E-state index in [-0.39, 0.29) is 11.6 Å². The van der Waals surface area contributed by atoms with Crippen molar-refractivity contribution in [3.05, 3.63) is 94.1 Å². The zero-order valence-electron chi connectivity index (χ0n) is 17.4. The predicted molar refractivity (Wildman–Crippen MR) is 123 cm³/mol. The molecule has 1 heterocycles. The summed E-state index contributed by atoms with van der Waals surface area (Å²) in [5.74, 6) is -0.146. The fourth-order valence-corrected chi connectivity index (χ4v) is 3.60. The molecule has 31 heavy (non-hydrogen) atoms. The lowest BCUT2D eigenvalue weighted by molar-refractivity contribution is -0.120. The van der Waals surface area contributed by atoms with Gasteiger partial charge in [-0.2, -0.15) is 0 Å². The number of halogens is 1. The van der Waals surface area contributed by atoms with Crippen LogP contribution in [0.5, 0.6) is 5.75 Å². The third kappa shape index (κ3) is 3.92. The molecule has 0 radical (unpaired) electrons. The number of nitrogens with zero attached hydrogens (tertiary/aromatic N) is 1. The minimum Gasteiger partial charge on any atom is -0.497 e. The van der Waals surface area contributed by atoms with E-state index in [4.69, 9.17) is 16.3 Å². The largest absolute Gasteiger partial charge is 0.497 e. The first-order valence-corrected chi connectivity index (χ1v) is 10.1. The molecule has 0 aromatic heterocycles. The quantitative estimate of drug-likeness (QED) is 0.551. The van der Waals surface area contributed by atoms with Gasteiger partial charge in [0.05, 0.1) is 18.4 Å². The van der Waals surface area contributed by atoms with Gasteiger partial charge in [0, 0.05) is 10.7 Å². The van der Waals surface area contributed by atoms with Crippen LogP contribution < -0.4 is 15.0 Å². The number of hydrogen-bond acceptors (Lipinski definition) is 4. The van der Waals surface area contributed by atoms with Gasteiger partial charge in [-0.1, -0.05) is 47.5 Å². The smallest absolute Gasteiger partial charge is 0.282 e. The van der Waals surface area contributed by atoms with E-state index < -0.39 is 5.91 Å². The van der Waals surface area contributed by atoms with Gasteiger partial charge in [-0.05, 0) is 61.4 Å². The molecule has 0 bridgehead atoms. The number of benzene rings is 3. The van der Waals surface area contributed by atoms with Crippen molar-refractivity contribution >= 4 is 40.4 Å². The van der Waals surface area contributed by atoms with Gasteiger partial charge in [0.25, 0.3) is 11.8 Å². The number of nitrogens with one attached hydrogen (secondary N) is 1. The van der Waals surface area contributed by atoms with Crippen LogP contribution in [0.2, 0.25) is 5.02 Å². The number of amides is 2. The molecule has 0 spiro atoms. The Morgan fingerprint density at radius 1 is 0.871 bits per heavy atom. The van der Waals surface area contributed by atoms with Crippen LogP contribution in [0.25, 0.3) is 5.57 Å². The SMILES string of the molecule is COc1ccc(C2=C(Nc3ccc(C)c(Cl)c3)C(=O)N(c3ccc(C)cc3)C2=O)cc1. The highest BCUT2D eigenvalue weighted by atomic mass is 35.5. The van der Waals surface area contributed by atoms with Gasteiger partial charge in [-0.3, -0.25) is 9.59 Å². The molecule has 5 nitrogen and oxygen atoms in total. The van der Waals surface area contributed by atoms with E-state index in [2.05, 4.69) is 5.32 Å². The summed E-state index contributed by atoms with van der Waals surface area (Å²) in [6.45, 7) is 3.85. The molecule has 3 aromatic rings. The van der Waals surface area contributed by atoms with Crippen molar-refractivity contribution in [1.29, 1.82) is 0 Å². The molecule has 3 aromatic carbocycles. The molecular formula is C25H21ClN2O3. The lowest BCUT2D eigenvalue weighted by Gasteiger charge is -2.15. The van der Waals surface area contributed by atoms with Crippen LogP contribution in [0.1, 0.15) is 16.7 Å². The number of carbonyl (C=O) groups excluding carboxylic acids is 2. The molecule has 4 rings (SSSR count). The van der Waals surface area contributed by atoms with E-state index in [9.17, 15) is 9.59 Å². The average Bonchev–Trinajstić information content (AvgIpc) is 3.01. The van der Waals surface area contributed by atoms with Crippen LogP contribution in [0.3, 0.4) is 0 Å². The van der Waals surface area contributed by atoms with E-state index in [0.29, 0.717) is 33.3 Å². The minimum atomic E-state index is -0.420. The Labute approximate surface area is 185 Å². The fourth-order valence-electron chi connectivity index (χ4n) is 3.41. The summed E-state index contributed by atoms with van der Waals surface area (Å²) >= 11 is 6.26. The summed E-state index contributed by atoms with van der Waals surface area (Å²) in [4.78, 5) is 28.0. The highest BCUT2D eigenvalue weighted by Crippen LogP contribution is 2.35. The zero-order valence-corrected chi connectivity index (χ0v) is 18.2. The second-order valence-corrected chi connectivity index (χ2v) is 7.76. The number of methoxy groups -OCH3 is 1. The Balaban J connectivity index is 1.81. The topological polar surface area (TPSA) is 58.6 Å². The first kappa shape index (κ1) is 20.7. The summed E-state index contributed by atoms with van der Waals surface area (Å²) in [7, 11) is 1.58. The zero-order chi connectivity index (χ0) is 22.1. The van der Waals surface area contributed by atoms with Gasteiger partial charge in [0.15, 0.2) is 0 Å². The summed E-state index contributed by atoms with van der Waals surface area (Å²) in [5, 5.41) is 3.70. The lowest BCUT2D eigenvalue weighted by atomic mass is 10.0. The van der Waals surface area contributed by atoms with Crippen LogP contribution in [0.15, 0.2) is 72.4 Å². The molecule has 6 heteroatoms. The molecule has 0 fully saturated rings. The van der Waals surface area contributed by atoms with E-state index in [1.807, 2.05) is 38.1 Å². The highest BCUT2D eigenvalue weighted by molar-refractivity contribution is 6.46. The third-order valence-electron chi connectivity index (χ3n) is 5.20. The van der Waals surface area contributed by atoms with Gasteiger partial charge in [0.2, 0.25) is 0 Å². The number of aryl methyl sites for hydroxylation is 2. The maximum Gasteiger partial charge on any atom is 0.282 e. The van der Waals surface area contributed by atoms with E-state index in [1.54, 1.807) is 49.6 Å². The Bertz CT molecular complexity index is 1200. The van der Waals surface area contributed by atoms with Gasteiger partial charge < -0.3 is 10.1 Å². The van der Waals surface area contributed by atoms with Gasteiger partial charge >= 0.3 is 0 Å². The third-order valence-corrected chi connectivity index (χ3v) is 5.60. The van der Waals surface area contributed by atoms with Crippen molar-refractivity contribution in [1.82, 2.24) is 0 Å². The predicted octanol–water partition coefficient (Wildman–Crippen LogP) is 5.36. The Morgan fingerprint density at radius 2 is 1.55 bits per heavy atom. The molecular weight excluding hydrogens is 412 g/mol. The van der Waals surface area contributed by atoms with Crippen molar-refractivity contribution in [2.24, 2.45) is 0 Å². The number of anilines is 2. The van der Waals surface area contributed by atoms with Crippen LogP contribution in [-0.2, 0) is 9.59 Å². The van der Waals surface area contributed by atoms with Crippen LogP contribution in [-0.4, -0.2) is 18.9 Å². The van der Waals surface area contributed by atoms with Crippen molar-refractivity contribution in [3.63, 3.8) is 0 Å². The fraction of sp³-hybridized carbons (Fsp3) is 0.120. The van der Waals surface area contributed by atoms with Crippen molar-refractivity contribution in [2.75, 3.05) is 17.3 Å². The second-order valence-electron chi connectivity index (χ2n) is 7.35. The maximum absolute atomic E-state index is 13.4. The van der Waals surface area contributed by atoms with Crippen molar-refractivity contribution in [3.8, 4) is 5.75 Å². The minimum absolute atomic E-state index is 0.204. The number of hydrogen-bond donors (Lipinski definition) is 1. The summed E-state index contributed by atoms with van der Waals surface area (Å²) in [5.41, 5.74) is 4.23. The normalized spacial score (nSPS) is 13.7. The number of imide groups is 1. The van der Waals surface area contributed by atoms with E-state index in [0.717, 1.165) is 11.1 Å². The molecule has 0 unspecified atom stereocenters. The van der Waals surface area contributed by atoms with Crippen molar-refractivity contribution < 1.29 is 14.3 Å².